The summed E-state index contributed by atoms with van der Waals surface area (Å²) in [7, 11) is 1.62. The average molecular weight is 334 g/mol. The van der Waals surface area contributed by atoms with E-state index < -0.39 is 0 Å². The lowest BCUT2D eigenvalue weighted by Crippen LogP contribution is -1.95. The summed E-state index contributed by atoms with van der Waals surface area (Å²) in [6.07, 6.45) is 0. The maximum atomic E-state index is 6.14. The number of aromatic amines is 1. The van der Waals surface area contributed by atoms with E-state index in [4.69, 9.17) is 19.9 Å². The zero-order chi connectivity index (χ0) is 17.0. The van der Waals surface area contributed by atoms with Gasteiger partial charge in [-0.15, -0.1) is 0 Å². The van der Waals surface area contributed by atoms with E-state index in [-0.39, 0.29) is 6.79 Å². The monoisotopic (exact) mass is 334 g/mol. The summed E-state index contributed by atoms with van der Waals surface area (Å²) in [5.74, 6) is 2.49. The summed E-state index contributed by atoms with van der Waals surface area (Å²) in [5, 5.41) is 9.30. The first-order valence-electron chi connectivity index (χ1n) is 7.76. The number of nitrogens with one attached hydrogen (secondary N) is 1. The van der Waals surface area contributed by atoms with Gasteiger partial charge >= 0.3 is 0 Å². The number of aromatic nitrogens is 3. The molecule has 0 atom stereocenters. The average Bonchev–Trinajstić information content (AvgIpc) is 3.28. The third kappa shape index (κ3) is 1.92. The molecule has 0 aliphatic carbocycles. The Balaban J connectivity index is 1.85. The van der Waals surface area contributed by atoms with Gasteiger partial charge in [0.05, 0.1) is 7.11 Å². The van der Waals surface area contributed by atoms with Crippen LogP contribution in [0.4, 0.5) is 5.82 Å². The van der Waals surface area contributed by atoms with E-state index in [0.29, 0.717) is 28.4 Å². The first-order valence-corrected chi connectivity index (χ1v) is 7.76. The number of anilines is 1. The van der Waals surface area contributed by atoms with Crippen molar-refractivity contribution in [1.29, 1.82) is 0 Å². The molecule has 0 fully saturated rings. The molecule has 1 aliphatic heterocycles. The van der Waals surface area contributed by atoms with Gasteiger partial charge in [0.2, 0.25) is 6.79 Å². The fourth-order valence-electron chi connectivity index (χ4n) is 3.22. The topological polar surface area (TPSA) is 95.3 Å². The van der Waals surface area contributed by atoms with Gasteiger partial charge in [0.15, 0.2) is 11.5 Å². The van der Waals surface area contributed by atoms with Crippen molar-refractivity contribution in [2.24, 2.45) is 0 Å². The highest BCUT2D eigenvalue weighted by atomic mass is 16.7. The predicted molar refractivity (Wildman–Crippen MR) is 93.9 cm³/mol. The van der Waals surface area contributed by atoms with Crippen molar-refractivity contribution in [3.63, 3.8) is 0 Å². The molecular formula is C18H14N4O3. The Morgan fingerprint density at radius 1 is 1.16 bits per heavy atom. The largest absolute Gasteiger partial charge is 0.494 e. The predicted octanol–water partition coefficient (Wildman–Crippen LogP) is 3.10. The molecule has 3 N–H and O–H groups in total. The van der Waals surface area contributed by atoms with E-state index in [9.17, 15) is 0 Å². The second-order valence-electron chi connectivity index (χ2n) is 5.74. The SMILES string of the molecule is COc1cccc2c1nc(N)c1[nH]nc(-c3ccc4c(c3)OCO4)c12. The Labute approximate surface area is 142 Å². The summed E-state index contributed by atoms with van der Waals surface area (Å²) >= 11 is 0. The first kappa shape index (κ1) is 13.9. The van der Waals surface area contributed by atoms with Crippen LogP contribution in [0, 0.1) is 0 Å². The second-order valence-corrected chi connectivity index (χ2v) is 5.74. The van der Waals surface area contributed by atoms with Crippen LogP contribution in [-0.4, -0.2) is 29.1 Å². The van der Waals surface area contributed by atoms with Crippen LogP contribution in [-0.2, 0) is 0 Å². The Kier molecular flexibility index (Phi) is 2.79. The van der Waals surface area contributed by atoms with E-state index >= 15 is 0 Å². The smallest absolute Gasteiger partial charge is 0.231 e. The Bertz CT molecular complexity index is 1140. The summed E-state index contributed by atoms with van der Waals surface area (Å²) in [6.45, 7) is 0.233. The molecule has 25 heavy (non-hydrogen) atoms. The Hall–Kier alpha value is -3.48. The number of nitrogen functional groups attached to an aromatic ring is 1. The molecule has 4 aromatic rings. The number of pyridine rings is 1. The molecule has 0 saturated carbocycles. The maximum absolute atomic E-state index is 6.14. The lowest BCUT2D eigenvalue weighted by atomic mass is 10.0. The van der Waals surface area contributed by atoms with E-state index in [2.05, 4.69) is 15.2 Å². The number of hydrogen-bond acceptors (Lipinski definition) is 6. The number of H-pyrrole nitrogens is 1. The third-order valence-corrected chi connectivity index (χ3v) is 4.39. The Morgan fingerprint density at radius 2 is 2.04 bits per heavy atom. The van der Waals surface area contributed by atoms with Crippen molar-refractivity contribution < 1.29 is 14.2 Å². The van der Waals surface area contributed by atoms with E-state index in [1.165, 1.54) is 0 Å². The van der Waals surface area contributed by atoms with Gasteiger partial charge in [0.1, 0.15) is 28.3 Å². The van der Waals surface area contributed by atoms with Gasteiger partial charge in [-0.1, -0.05) is 12.1 Å². The minimum Gasteiger partial charge on any atom is -0.494 e. The lowest BCUT2D eigenvalue weighted by molar-refractivity contribution is 0.174. The number of nitrogens with two attached hydrogens (primary N) is 1. The summed E-state index contributed by atoms with van der Waals surface area (Å²) in [4.78, 5) is 4.48. The van der Waals surface area contributed by atoms with Gasteiger partial charge in [0, 0.05) is 16.3 Å². The zero-order valence-electron chi connectivity index (χ0n) is 13.4. The van der Waals surface area contributed by atoms with E-state index in [0.717, 1.165) is 27.8 Å². The van der Waals surface area contributed by atoms with Crippen LogP contribution in [0.3, 0.4) is 0 Å². The van der Waals surface area contributed by atoms with Crippen molar-refractivity contribution in [3.05, 3.63) is 36.4 Å². The number of hydrogen-bond donors (Lipinski definition) is 2. The molecule has 0 spiro atoms. The zero-order valence-corrected chi connectivity index (χ0v) is 13.4. The minimum atomic E-state index is 0.233. The first-order chi connectivity index (χ1) is 12.3. The summed E-state index contributed by atoms with van der Waals surface area (Å²) < 4.78 is 16.3. The van der Waals surface area contributed by atoms with Crippen LogP contribution in [0.5, 0.6) is 17.2 Å². The number of para-hydroxylation sites is 1. The van der Waals surface area contributed by atoms with Crippen LogP contribution in [0.25, 0.3) is 33.1 Å². The normalized spacial score (nSPS) is 12.8. The van der Waals surface area contributed by atoms with Crippen LogP contribution in [0.1, 0.15) is 0 Å². The summed E-state index contributed by atoms with van der Waals surface area (Å²) in [5.41, 5.74) is 9.24. The molecule has 0 bridgehead atoms. The highest BCUT2D eigenvalue weighted by Crippen LogP contribution is 2.40. The number of rotatable bonds is 2. The number of nitrogens with zero attached hydrogens (tertiary/aromatic N) is 2. The maximum Gasteiger partial charge on any atom is 0.231 e. The molecule has 1 aliphatic rings. The van der Waals surface area contributed by atoms with Gasteiger partial charge in [-0.2, -0.15) is 5.10 Å². The van der Waals surface area contributed by atoms with Crippen LogP contribution in [0.2, 0.25) is 0 Å². The van der Waals surface area contributed by atoms with Crippen molar-refractivity contribution in [2.45, 2.75) is 0 Å². The molecule has 0 amide bonds. The lowest BCUT2D eigenvalue weighted by Gasteiger charge is -2.08. The highest BCUT2D eigenvalue weighted by molar-refractivity contribution is 6.15. The van der Waals surface area contributed by atoms with Crippen LogP contribution < -0.4 is 19.9 Å². The number of ether oxygens (including phenoxy) is 3. The van der Waals surface area contributed by atoms with Gasteiger partial charge in [-0.05, 0) is 24.3 Å². The van der Waals surface area contributed by atoms with Gasteiger partial charge in [-0.25, -0.2) is 4.98 Å². The van der Waals surface area contributed by atoms with Crippen molar-refractivity contribution in [3.8, 4) is 28.5 Å². The molecule has 7 heteroatoms. The van der Waals surface area contributed by atoms with E-state index in [1.54, 1.807) is 7.11 Å². The molecule has 2 aromatic heterocycles. The number of benzene rings is 2. The van der Waals surface area contributed by atoms with Crippen LogP contribution >= 0.6 is 0 Å². The molecule has 124 valence electrons. The molecule has 2 aromatic carbocycles. The van der Waals surface area contributed by atoms with Crippen molar-refractivity contribution in [2.75, 3.05) is 19.6 Å². The van der Waals surface area contributed by atoms with Crippen molar-refractivity contribution in [1.82, 2.24) is 15.2 Å². The van der Waals surface area contributed by atoms with Gasteiger partial charge < -0.3 is 19.9 Å². The quantitative estimate of drug-likeness (QED) is 0.585. The van der Waals surface area contributed by atoms with Crippen LogP contribution in [0.15, 0.2) is 36.4 Å². The fraction of sp³-hybridized carbons (Fsp3) is 0.111. The number of fused-ring (bicyclic) bond motifs is 4. The van der Waals surface area contributed by atoms with Crippen molar-refractivity contribution >= 4 is 27.6 Å². The van der Waals surface area contributed by atoms with Gasteiger partial charge in [0.25, 0.3) is 0 Å². The molecule has 0 saturated heterocycles. The molecule has 7 nitrogen and oxygen atoms in total. The molecule has 0 radical (unpaired) electrons. The number of methoxy groups -OCH3 is 1. The summed E-state index contributed by atoms with van der Waals surface area (Å²) in [6, 6.07) is 11.5. The molecular weight excluding hydrogens is 320 g/mol. The fourth-order valence-corrected chi connectivity index (χ4v) is 3.22. The molecule has 3 heterocycles. The molecule has 5 rings (SSSR count). The molecule has 0 unspecified atom stereocenters. The standard InChI is InChI=1S/C18H14N4O3/c1-23-12-4-2-3-10-14-15(21-22-17(14)18(19)20-16(10)12)9-5-6-11-13(7-9)25-8-24-11/h2-7H,8H2,1H3,(H2,19,20)(H,21,22). The van der Waals surface area contributed by atoms with Gasteiger partial charge in [-0.3, -0.25) is 5.10 Å². The minimum absolute atomic E-state index is 0.233. The Morgan fingerprint density at radius 3 is 2.92 bits per heavy atom. The highest BCUT2D eigenvalue weighted by Gasteiger charge is 2.20. The second kappa shape index (κ2) is 5.01. The third-order valence-electron chi connectivity index (χ3n) is 4.39. The van der Waals surface area contributed by atoms with E-state index in [1.807, 2.05) is 36.4 Å².